The molecule has 0 radical (unpaired) electrons. The van der Waals surface area contributed by atoms with E-state index in [1.54, 1.807) is 31.6 Å². The minimum atomic E-state index is -1.29. The summed E-state index contributed by atoms with van der Waals surface area (Å²) in [7, 11) is 1.63. The molecule has 47 heavy (non-hydrogen) atoms. The number of nitrogens with one attached hydrogen (secondary N) is 3. The SMILES string of the molecule is CN(C(=O)OC[C@@H]1CO[C@H](CCc2ccccc2NC(=O)[C@@H](NC(=O)O)C(c2ccccc2)c2ccccc2)CN1)c1cccnc1. The molecule has 1 fully saturated rings. The summed E-state index contributed by atoms with van der Waals surface area (Å²) in [6, 6.07) is 28.6. The van der Waals surface area contributed by atoms with Crippen LogP contribution in [0.3, 0.4) is 0 Å². The molecule has 4 N–H and O–H groups in total. The highest BCUT2D eigenvalue weighted by molar-refractivity contribution is 5.98. The fourth-order valence-electron chi connectivity index (χ4n) is 5.61. The number of aromatic nitrogens is 1. The molecule has 0 saturated carbocycles. The highest BCUT2D eigenvalue weighted by Gasteiger charge is 2.33. The third kappa shape index (κ3) is 9.15. The molecule has 0 spiro atoms. The maximum atomic E-state index is 13.8. The lowest BCUT2D eigenvalue weighted by Crippen LogP contribution is -2.49. The number of carboxylic acid groups (broad SMARTS) is 1. The van der Waals surface area contributed by atoms with Gasteiger partial charge in [-0.1, -0.05) is 78.9 Å². The van der Waals surface area contributed by atoms with Crippen molar-refractivity contribution in [2.45, 2.75) is 36.9 Å². The number of morpholine rings is 1. The van der Waals surface area contributed by atoms with Crippen LogP contribution in [0.1, 0.15) is 29.0 Å². The van der Waals surface area contributed by atoms with E-state index in [1.807, 2.05) is 84.9 Å². The van der Waals surface area contributed by atoms with Crippen LogP contribution in [-0.4, -0.2) is 73.2 Å². The summed E-state index contributed by atoms with van der Waals surface area (Å²) in [5.74, 6) is -1.01. The summed E-state index contributed by atoms with van der Waals surface area (Å²) in [5.41, 5.74) is 3.79. The lowest BCUT2D eigenvalue weighted by atomic mass is 9.84. The number of hydrogen-bond acceptors (Lipinski definition) is 7. The molecule has 244 valence electrons. The zero-order chi connectivity index (χ0) is 33.0. The van der Waals surface area contributed by atoms with Gasteiger partial charge in [0.1, 0.15) is 12.6 Å². The first-order valence-corrected chi connectivity index (χ1v) is 15.5. The van der Waals surface area contributed by atoms with Crippen molar-refractivity contribution in [2.75, 3.05) is 37.0 Å². The average molecular weight is 638 g/mol. The van der Waals surface area contributed by atoms with Crippen LogP contribution in [0.5, 0.6) is 0 Å². The van der Waals surface area contributed by atoms with Crippen molar-refractivity contribution in [3.05, 3.63) is 126 Å². The Kier molecular flexibility index (Phi) is 11.5. The van der Waals surface area contributed by atoms with Gasteiger partial charge in [0.05, 0.1) is 30.6 Å². The van der Waals surface area contributed by atoms with Crippen LogP contribution in [0.15, 0.2) is 109 Å². The summed E-state index contributed by atoms with van der Waals surface area (Å²) in [6.45, 7) is 1.13. The summed E-state index contributed by atoms with van der Waals surface area (Å²) >= 11 is 0. The van der Waals surface area contributed by atoms with Gasteiger partial charge in [-0.25, -0.2) is 9.59 Å². The van der Waals surface area contributed by atoms with E-state index in [-0.39, 0.29) is 18.8 Å². The van der Waals surface area contributed by atoms with Crippen molar-refractivity contribution < 1.29 is 29.0 Å². The number of aryl methyl sites for hydroxylation is 1. The van der Waals surface area contributed by atoms with Crippen molar-refractivity contribution in [3.63, 3.8) is 0 Å². The minimum Gasteiger partial charge on any atom is -0.465 e. The first-order chi connectivity index (χ1) is 22.9. The lowest BCUT2D eigenvalue weighted by molar-refractivity contribution is -0.118. The van der Waals surface area contributed by atoms with Crippen molar-refractivity contribution in [1.82, 2.24) is 15.6 Å². The summed E-state index contributed by atoms with van der Waals surface area (Å²) < 4.78 is 11.5. The van der Waals surface area contributed by atoms with Crippen LogP contribution in [0.25, 0.3) is 0 Å². The van der Waals surface area contributed by atoms with Crippen LogP contribution < -0.4 is 20.9 Å². The Hall–Kier alpha value is -5.26. The standard InChI is InChI=1S/C36H39N5O6/c1-41(29-16-10-20-37-21-29)36(45)47-24-28-23-46-30(22-38-28)19-18-25-11-8-9-17-31(25)39-34(42)33(40-35(43)44)32(26-12-4-2-5-13-26)27-14-6-3-7-15-27/h2-17,20-21,28,30,32-33,38,40H,18-19,22-24H2,1H3,(H,39,42)(H,43,44)/t28-,30+,33-/m0/s1. The third-order valence-corrected chi connectivity index (χ3v) is 8.11. The van der Waals surface area contributed by atoms with E-state index < -0.39 is 30.1 Å². The Morgan fingerprint density at radius 2 is 1.66 bits per heavy atom. The number of ether oxygens (including phenoxy) is 2. The van der Waals surface area contributed by atoms with E-state index in [1.165, 1.54) is 4.90 Å². The second-order valence-electron chi connectivity index (χ2n) is 11.3. The number of para-hydroxylation sites is 1. The molecule has 11 heteroatoms. The van der Waals surface area contributed by atoms with E-state index in [9.17, 15) is 19.5 Å². The van der Waals surface area contributed by atoms with E-state index >= 15 is 0 Å². The number of carbonyl (C=O) groups is 3. The van der Waals surface area contributed by atoms with Gasteiger partial charge in [0.25, 0.3) is 0 Å². The van der Waals surface area contributed by atoms with Gasteiger partial charge in [0.2, 0.25) is 5.91 Å². The Labute approximate surface area is 273 Å². The van der Waals surface area contributed by atoms with Gasteiger partial charge < -0.3 is 30.5 Å². The van der Waals surface area contributed by atoms with Gasteiger partial charge in [-0.2, -0.15) is 0 Å². The molecule has 4 aromatic rings. The highest BCUT2D eigenvalue weighted by atomic mass is 16.6. The number of hydrogen-bond donors (Lipinski definition) is 4. The van der Waals surface area contributed by atoms with Gasteiger partial charge in [-0.15, -0.1) is 0 Å². The van der Waals surface area contributed by atoms with Gasteiger partial charge in [0.15, 0.2) is 0 Å². The first kappa shape index (κ1) is 33.1. The van der Waals surface area contributed by atoms with Crippen LogP contribution in [0.2, 0.25) is 0 Å². The van der Waals surface area contributed by atoms with Crippen LogP contribution in [-0.2, 0) is 20.7 Å². The monoisotopic (exact) mass is 637 g/mol. The Balaban J connectivity index is 1.18. The average Bonchev–Trinajstić information content (AvgIpc) is 3.11. The van der Waals surface area contributed by atoms with Crippen molar-refractivity contribution in [1.29, 1.82) is 0 Å². The molecule has 0 bridgehead atoms. The zero-order valence-electron chi connectivity index (χ0n) is 26.1. The molecule has 0 unspecified atom stereocenters. The van der Waals surface area contributed by atoms with Gasteiger partial charge in [-0.05, 0) is 47.7 Å². The largest absolute Gasteiger partial charge is 0.465 e. The number of carbonyl (C=O) groups excluding carboxylic acids is 2. The van der Waals surface area contributed by atoms with Crippen molar-refractivity contribution in [2.24, 2.45) is 0 Å². The minimum absolute atomic E-state index is 0.0780. The van der Waals surface area contributed by atoms with Gasteiger partial charge >= 0.3 is 12.2 Å². The number of amides is 3. The van der Waals surface area contributed by atoms with E-state index in [0.717, 1.165) is 16.7 Å². The molecule has 3 amide bonds. The molecule has 0 aliphatic carbocycles. The fraction of sp³-hybridized carbons (Fsp3) is 0.278. The topological polar surface area (TPSA) is 142 Å². The molecule has 11 nitrogen and oxygen atoms in total. The maximum Gasteiger partial charge on any atom is 0.414 e. The third-order valence-electron chi connectivity index (χ3n) is 8.11. The molecular formula is C36H39N5O6. The van der Waals surface area contributed by atoms with Crippen LogP contribution >= 0.6 is 0 Å². The number of benzene rings is 3. The second-order valence-corrected chi connectivity index (χ2v) is 11.3. The second kappa shape index (κ2) is 16.3. The van der Waals surface area contributed by atoms with E-state index in [4.69, 9.17) is 9.47 Å². The van der Waals surface area contributed by atoms with Crippen LogP contribution in [0, 0.1) is 0 Å². The number of rotatable bonds is 12. The maximum absolute atomic E-state index is 13.8. The molecule has 1 aliphatic rings. The molecule has 1 saturated heterocycles. The quantitative estimate of drug-likeness (QED) is 0.169. The summed E-state index contributed by atoms with van der Waals surface area (Å²) in [5, 5.41) is 18.6. The number of nitrogens with zero attached hydrogens (tertiary/aromatic N) is 2. The molecular weight excluding hydrogens is 598 g/mol. The van der Waals surface area contributed by atoms with E-state index in [0.29, 0.717) is 37.4 Å². The molecule has 5 rings (SSSR count). The van der Waals surface area contributed by atoms with Crippen molar-refractivity contribution in [3.8, 4) is 0 Å². The molecule has 3 aromatic carbocycles. The zero-order valence-corrected chi connectivity index (χ0v) is 26.1. The molecule has 1 aliphatic heterocycles. The Morgan fingerprint density at radius 1 is 0.979 bits per heavy atom. The van der Waals surface area contributed by atoms with Gasteiger partial charge in [-0.3, -0.25) is 14.7 Å². The Bertz CT molecular complexity index is 1560. The fourth-order valence-corrected chi connectivity index (χ4v) is 5.61. The number of anilines is 2. The lowest BCUT2D eigenvalue weighted by Gasteiger charge is -2.31. The predicted molar refractivity (Wildman–Crippen MR) is 179 cm³/mol. The smallest absolute Gasteiger partial charge is 0.414 e. The highest BCUT2D eigenvalue weighted by Crippen LogP contribution is 2.30. The first-order valence-electron chi connectivity index (χ1n) is 15.5. The normalized spacial score (nSPS) is 16.6. The predicted octanol–water partition coefficient (Wildman–Crippen LogP) is 5.05. The summed E-state index contributed by atoms with van der Waals surface area (Å²) in [6.07, 6.45) is 2.70. The van der Waals surface area contributed by atoms with E-state index in [2.05, 4.69) is 20.9 Å². The van der Waals surface area contributed by atoms with Crippen molar-refractivity contribution >= 4 is 29.5 Å². The van der Waals surface area contributed by atoms with Crippen LogP contribution in [0.4, 0.5) is 21.0 Å². The molecule has 2 heterocycles. The molecule has 1 aromatic heterocycles. The van der Waals surface area contributed by atoms with Gasteiger partial charge in [0, 0.05) is 31.4 Å². The summed E-state index contributed by atoms with van der Waals surface area (Å²) in [4.78, 5) is 43.6. The number of pyridine rings is 1. The Morgan fingerprint density at radius 3 is 2.28 bits per heavy atom. The molecule has 3 atom stereocenters.